The highest BCUT2D eigenvalue weighted by atomic mass is 16.5. The van der Waals surface area contributed by atoms with Gasteiger partial charge in [-0.05, 0) is 63.4 Å². The lowest BCUT2D eigenvalue weighted by atomic mass is 10.1. The zero-order chi connectivity index (χ0) is 18.4. The van der Waals surface area contributed by atoms with Gasteiger partial charge in [-0.1, -0.05) is 12.1 Å². The number of amides is 1. The first-order valence-corrected chi connectivity index (χ1v) is 8.55. The lowest BCUT2D eigenvalue weighted by Gasteiger charge is -2.09. The van der Waals surface area contributed by atoms with Gasteiger partial charge in [0.1, 0.15) is 0 Å². The van der Waals surface area contributed by atoms with E-state index in [9.17, 15) is 9.59 Å². The summed E-state index contributed by atoms with van der Waals surface area (Å²) < 4.78 is 5.53. The third-order valence-electron chi connectivity index (χ3n) is 3.98. The average molecular weight is 342 g/mol. The molecule has 0 saturated carbocycles. The second-order valence-electron chi connectivity index (χ2n) is 6.49. The predicted octanol–water partition coefficient (Wildman–Crippen LogP) is 2.89. The van der Waals surface area contributed by atoms with Crippen molar-refractivity contribution in [1.29, 1.82) is 0 Å². The zero-order valence-corrected chi connectivity index (χ0v) is 15.3. The molecule has 1 aromatic carbocycles. The predicted molar refractivity (Wildman–Crippen MR) is 98.9 cm³/mol. The number of aryl methyl sites for hydroxylation is 2. The van der Waals surface area contributed by atoms with Gasteiger partial charge in [0.2, 0.25) is 0 Å². The van der Waals surface area contributed by atoms with Crippen LogP contribution in [-0.2, 0) is 17.7 Å². The van der Waals surface area contributed by atoms with Gasteiger partial charge in [-0.15, -0.1) is 0 Å². The van der Waals surface area contributed by atoms with Gasteiger partial charge in [0, 0.05) is 23.4 Å². The van der Waals surface area contributed by atoms with E-state index < -0.39 is 0 Å². The van der Waals surface area contributed by atoms with Gasteiger partial charge in [-0.25, -0.2) is 0 Å². The number of hydrogen-bond donors (Lipinski definition) is 2. The van der Waals surface area contributed by atoms with Crippen LogP contribution in [0.2, 0.25) is 0 Å². The Morgan fingerprint density at radius 3 is 2.48 bits per heavy atom. The maximum Gasteiger partial charge on any atom is 0.253 e. The van der Waals surface area contributed by atoms with Gasteiger partial charge in [0.25, 0.3) is 11.5 Å². The molecule has 0 saturated heterocycles. The molecule has 0 unspecified atom stereocenters. The van der Waals surface area contributed by atoms with E-state index in [1.165, 1.54) is 0 Å². The summed E-state index contributed by atoms with van der Waals surface area (Å²) in [6.45, 7) is 8.60. The van der Waals surface area contributed by atoms with E-state index in [1.807, 2.05) is 45.9 Å². The third kappa shape index (κ3) is 5.57. The van der Waals surface area contributed by atoms with Gasteiger partial charge < -0.3 is 15.0 Å². The Labute approximate surface area is 148 Å². The van der Waals surface area contributed by atoms with Gasteiger partial charge in [0.05, 0.1) is 12.7 Å². The molecule has 1 amide bonds. The molecule has 25 heavy (non-hydrogen) atoms. The van der Waals surface area contributed by atoms with E-state index in [1.54, 1.807) is 12.1 Å². The van der Waals surface area contributed by atoms with Crippen molar-refractivity contribution in [2.45, 2.75) is 46.8 Å². The number of pyridine rings is 1. The zero-order valence-electron chi connectivity index (χ0n) is 15.3. The largest absolute Gasteiger partial charge is 0.378 e. The maximum atomic E-state index is 12.3. The van der Waals surface area contributed by atoms with Crippen molar-refractivity contribution < 1.29 is 9.53 Å². The number of hydrogen-bond acceptors (Lipinski definition) is 3. The van der Waals surface area contributed by atoms with Crippen LogP contribution in [0.5, 0.6) is 0 Å². The molecule has 0 aliphatic rings. The SMILES string of the molecule is Cc1cc(C)c(CNC(=O)c2ccc(CCOC(C)C)cc2)c(=O)[nH]1. The van der Waals surface area contributed by atoms with Crippen molar-refractivity contribution in [2.24, 2.45) is 0 Å². The van der Waals surface area contributed by atoms with Crippen molar-refractivity contribution in [3.05, 3.63) is 68.6 Å². The molecule has 0 fully saturated rings. The third-order valence-corrected chi connectivity index (χ3v) is 3.98. The van der Waals surface area contributed by atoms with E-state index in [4.69, 9.17) is 4.74 Å². The Hall–Kier alpha value is -2.40. The minimum atomic E-state index is -0.190. The van der Waals surface area contributed by atoms with E-state index in [0.717, 1.165) is 23.2 Å². The number of nitrogens with one attached hydrogen (secondary N) is 2. The van der Waals surface area contributed by atoms with Crippen molar-refractivity contribution in [3.8, 4) is 0 Å². The minimum Gasteiger partial charge on any atom is -0.378 e. The van der Waals surface area contributed by atoms with Crippen LogP contribution >= 0.6 is 0 Å². The van der Waals surface area contributed by atoms with Crippen molar-refractivity contribution >= 4 is 5.91 Å². The number of H-pyrrole nitrogens is 1. The Balaban J connectivity index is 1.94. The second kappa shape index (κ2) is 8.62. The lowest BCUT2D eigenvalue weighted by Crippen LogP contribution is -2.27. The van der Waals surface area contributed by atoms with Gasteiger partial charge >= 0.3 is 0 Å². The highest BCUT2D eigenvalue weighted by Gasteiger charge is 2.09. The fourth-order valence-electron chi connectivity index (χ4n) is 2.61. The number of aromatic nitrogens is 1. The smallest absolute Gasteiger partial charge is 0.253 e. The first-order valence-electron chi connectivity index (χ1n) is 8.55. The minimum absolute atomic E-state index is 0.154. The molecule has 1 heterocycles. The normalized spacial score (nSPS) is 10.9. The van der Waals surface area contributed by atoms with E-state index in [-0.39, 0.29) is 24.1 Å². The number of benzene rings is 1. The second-order valence-corrected chi connectivity index (χ2v) is 6.49. The van der Waals surface area contributed by atoms with Crippen LogP contribution < -0.4 is 10.9 Å². The van der Waals surface area contributed by atoms with Crippen molar-refractivity contribution in [1.82, 2.24) is 10.3 Å². The molecule has 2 N–H and O–H groups in total. The number of carbonyl (C=O) groups excluding carboxylic acids is 1. The highest BCUT2D eigenvalue weighted by molar-refractivity contribution is 5.94. The average Bonchev–Trinajstić information content (AvgIpc) is 2.54. The quantitative estimate of drug-likeness (QED) is 0.813. The summed E-state index contributed by atoms with van der Waals surface area (Å²) in [4.78, 5) is 27.0. The van der Waals surface area contributed by atoms with E-state index in [2.05, 4.69) is 10.3 Å². The first kappa shape index (κ1) is 18.9. The fourth-order valence-corrected chi connectivity index (χ4v) is 2.61. The molecular weight excluding hydrogens is 316 g/mol. The lowest BCUT2D eigenvalue weighted by molar-refractivity contribution is 0.0813. The molecule has 0 aliphatic heterocycles. The molecule has 0 spiro atoms. The molecule has 2 rings (SSSR count). The van der Waals surface area contributed by atoms with E-state index in [0.29, 0.717) is 17.7 Å². The number of ether oxygens (including phenoxy) is 1. The van der Waals surface area contributed by atoms with Gasteiger partial charge in [-0.2, -0.15) is 0 Å². The molecule has 2 aromatic rings. The van der Waals surface area contributed by atoms with Gasteiger partial charge in [-0.3, -0.25) is 9.59 Å². The van der Waals surface area contributed by atoms with Crippen molar-refractivity contribution in [2.75, 3.05) is 6.61 Å². The Morgan fingerprint density at radius 2 is 1.88 bits per heavy atom. The van der Waals surface area contributed by atoms with E-state index >= 15 is 0 Å². The molecule has 5 nitrogen and oxygen atoms in total. The monoisotopic (exact) mass is 342 g/mol. The van der Waals surface area contributed by atoms with Crippen LogP contribution in [0.1, 0.15) is 46.6 Å². The summed E-state index contributed by atoms with van der Waals surface area (Å²) in [5, 5.41) is 2.81. The summed E-state index contributed by atoms with van der Waals surface area (Å²) in [7, 11) is 0. The molecule has 0 bridgehead atoms. The van der Waals surface area contributed by atoms with Crippen LogP contribution in [0.25, 0.3) is 0 Å². The Bertz CT molecular complexity index is 777. The maximum absolute atomic E-state index is 12.3. The van der Waals surface area contributed by atoms with Crippen LogP contribution in [0.3, 0.4) is 0 Å². The summed E-state index contributed by atoms with van der Waals surface area (Å²) in [5.41, 5.74) is 3.83. The summed E-state index contributed by atoms with van der Waals surface area (Å²) >= 11 is 0. The molecule has 0 radical (unpaired) electrons. The molecular formula is C20H26N2O3. The number of carbonyl (C=O) groups is 1. The topological polar surface area (TPSA) is 71.2 Å². The van der Waals surface area contributed by atoms with Gasteiger partial charge in [0.15, 0.2) is 0 Å². The van der Waals surface area contributed by atoms with Crippen LogP contribution in [0, 0.1) is 13.8 Å². The molecule has 134 valence electrons. The number of aromatic amines is 1. The van der Waals surface area contributed by atoms with Crippen molar-refractivity contribution in [3.63, 3.8) is 0 Å². The van der Waals surface area contributed by atoms with Crippen LogP contribution in [0.15, 0.2) is 35.1 Å². The molecule has 0 aliphatic carbocycles. The van der Waals surface area contributed by atoms with Crippen LogP contribution in [-0.4, -0.2) is 23.6 Å². The molecule has 0 atom stereocenters. The summed E-state index contributed by atoms with van der Waals surface area (Å²) in [6.07, 6.45) is 1.04. The summed E-state index contributed by atoms with van der Waals surface area (Å²) in [5.74, 6) is -0.190. The fraction of sp³-hybridized carbons (Fsp3) is 0.400. The molecule has 5 heteroatoms. The Kier molecular flexibility index (Phi) is 6.53. The molecule has 1 aromatic heterocycles. The van der Waals surface area contributed by atoms with Crippen LogP contribution in [0.4, 0.5) is 0 Å². The highest BCUT2D eigenvalue weighted by Crippen LogP contribution is 2.07. The first-order chi connectivity index (χ1) is 11.9. The Morgan fingerprint density at radius 1 is 1.20 bits per heavy atom. The summed E-state index contributed by atoms with van der Waals surface area (Å²) in [6, 6.07) is 9.36. The number of rotatable bonds is 7. The standard InChI is InChI=1S/C20H26N2O3/c1-13(2)25-10-9-16-5-7-17(8-6-16)19(23)21-12-18-14(3)11-15(4)22-20(18)24/h5-8,11,13H,9-10,12H2,1-4H3,(H,21,23)(H,22,24).